The Morgan fingerprint density at radius 1 is 1.21 bits per heavy atom. The van der Waals surface area contributed by atoms with E-state index in [1.165, 1.54) is 38.5 Å². The largest absolute Gasteiger partial charge is 0.337 e. The van der Waals surface area contributed by atoms with Crippen LogP contribution in [0.15, 0.2) is 0 Å². The maximum atomic E-state index is 12.7. The Labute approximate surface area is 117 Å². The maximum Gasteiger partial charge on any atom is 0.240 e. The third-order valence-corrected chi connectivity index (χ3v) is 4.92. The summed E-state index contributed by atoms with van der Waals surface area (Å²) in [5.41, 5.74) is 5.68. The quantitative estimate of drug-likeness (QED) is 0.790. The van der Waals surface area contributed by atoms with Crippen LogP contribution in [0.5, 0.6) is 0 Å². The molecule has 0 bridgehead atoms. The molecule has 0 aromatic heterocycles. The van der Waals surface area contributed by atoms with E-state index in [1.807, 2.05) is 0 Å². The summed E-state index contributed by atoms with van der Waals surface area (Å²) in [7, 11) is 2.06. The van der Waals surface area contributed by atoms with Crippen molar-refractivity contribution in [3.8, 4) is 0 Å². The second kappa shape index (κ2) is 6.71. The number of likely N-dealkylation sites (N-methyl/N-ethyl adjacent to an activating group) is 1. The lowest BCUT2D eigenvalue weighted by Gasteiger charge is -2.46. The summed E-state index contributed by atoms with van der Waals surface area (Å²) in [6, 6.07) is 0.918. The fraction of sp³-hybridized carbons (Fsp3) is 0.933. The Balaban J connectivity index is 2.08. The first-order valence-electron chi connectivity index (χ1n) is 7.87. The van der Waals surface area contributed by atoms with Gasteiger partial charge in [0.25, 0.3) is 0 Å². The van der Waals surface area contributed by atoms with Gasteiger partial charge in [-0.2, -0.15) is 0 Å². The summed E-state index contributed by atoms with van der Waals surface area (Å²) in [6.45, 7) is 3.70. The van der Waals surface area contributed by atoms with Gasteiger partial charge in [-0.25, -0.2) is 0 Å². The van der Waals surface area contributed by atoms with E-state index < -0.39 is 0 Å². The summed E-state index contributed by atoms with van der Waals surface area (Å²) in [5, 5.41) is 0. The molecule has 1 saturated heterocycles. The molecule has 4 heteroatoms. The van der Waals surface area contributed by atoms with E-state index in [9.17, 15) is 4.79 Å². The first-order chi connectivity index (χ1) is 9.15. The molecule has 2 aliphatic rings. The van der Waals surface area contributed by atoms with Crippen molar-refractivity contribution in [2.75, 3.05) is 20.1 Å². The van der Waals surface area contributed by atoms with Crippen LogP contribution in [0, 0.1) is 0 Å². The number of carbonyl (C=O) groups is 1. The molecule has 2 fully saturated rings. The number of carbonyl (C=O) groups excluding carboxylic acids is 1. The number of hydrogen-bond donors (Lipinski definition) is 1. The molecule has 1 amide bonds. The van der Waals surface area contributed by atoms with Crippen molar-refractivity contribution in [3.63, 3.8) is 0 Å². The minimum absolute atomic E-state index is 0.00277. The minimum Gasteiger partial charge on any atom is -0.337 e. The number of nitrogens with zero attached hydrogens (tertiary/aromatic N) is 2. The van der Waals surface area contributed by atoms with Crippen molar-refractivity contribution in [2.24, 2.45) is 5.73 Å². The van der Waals surface area contributed by atoms with Gasteiger partial charge in [0.15, 0.2) is 0 Å². The van der Waals surface area contributed by atoms with E-state index in [1.54, 1.807) is 0 Å². The van der Waals surface area contributed by atoms with Crippen LogP contribution in [0.3, 0.4) is 0 Å². The van der Waals surface area contributed by atoms with Gasteiger partial charge in [-0.15, -0.1) is 0 Å². The molecule has 1 heterocycles. The van der Waals surface area contributed by atoms with Gasteiger partial charge in [-0.1, -0.05) is 25.7 Å². The average molecular weight is 267 g/mol. The predicted molar refractivity (Wildman–Crippen MR) is 77.9 cm³/mol. The van der Waals surface area contributed by atoms with E-state index in [0.717, 1.165) is 13.0 Å². The molecule has 1 aliphatic heterocycles. The number of amides is 1. The predicted octanol–water partition coefficient (Wildman–Crippen LogP) is 1.59. The van der Waals surface area contributed by atoms with Gasteiger partial charge < -0.3 is 10.6 Å². The zero-order valence-electron chi connectivity index (χ0n) is 12.5. The Morgan fingerprint density at radius 3 is 2.42 bits per heavy atom. The molecule has 4 nitrogen and oxygen atoms in total. The van der Waals surface area contributed by atoms with Crippen LogP contribution in [0.1, 0.15) is 51.9 Å². The SMILES string of the molecule is CC1CN(C2CCCCCC2)C(=O)C(CCN)N1C. The van der Waals surface area contributed by atoms with Crippen molar-refractivity contribution in [3.05, 3.63) is 0 Å². The molecule has 1 saturated carbocycles. The molecular formula is C15H29N3O. The lowest BCUT2D eigenvalue weighted by atomic mass is 9.99. The highest BCUT2D eigenvalue weighted by atomic mass is 16.2. The lowest BCUT2D eigenvalue weighted by Crippen LogP contribution is -2.62. The number of hydrogen-bond acceptors (Lipinski definition) is 3. The average Bonchev–Trinajstić information content (AvgIpc) is 2.68. The van der Waals surface area contributed by atoms with Crippen LogP contribution in [0.4, 0.5) is 0 Å². The normalized spacial score (nSPS) is 31.5. The number of rotatable bonds is 3. The smallest absolute Gasteiger partial charge is 0.240 e. The van der Waals surface area contributed by atoms with Crippen LogP contribution in [-0.2, 0) is 4.79 Å². The molecule has 0 aromatic carbocycles. The highest BCUT2D eigenvalue weighted by molar-refractivity contribution is 5.83. The van der Waals surface area contributed by atoms with Gasteiger partial charge in [0.2, 0.25) is 5.91 Å². The number of nitrogens with two attached hydrogens (primary N) is 1. The number of piperazine rings is 1. The monoisotopic (exact) mass is 267 g/mol. The highest BCUT2D eigenvalue weighted by Gasteiger charge is 2.38. The third-order valence-electron chi connectivity index (χ3n) is 4.92. The molecule has 19 heavy (non-hydrogen) atoms. The Bertz CT molecular complexity index is 300. The van der Waals surface area contributed by atoms with Crippen molar-refractivity contribution in [1.82, 2.24) is 9.80 Å². The van der Waals surface area contributed by atoms with Gasteiger partial charge in [0.05, 0.1) is 6.04 Å². The lowest BCUT2D eigenvalue weighted by molar-refractivity contribution is -0.147. The molecule has 0 spiro atoms. The molecular weight excluding hydrogens is 238 g/mol. The van der Waals surface area contributed by atoms with E-state index >= 15 is 0 Å². The summed E-state index contributed by atoms with van der Waals surface area (Å²) in [5.74, 6) is 0.318. The zero-order valence-corrected chi connectivity index (χ0v) is 12.5. The van der Waals surface area contributed by atoms with E-state index in [-0.39, 0.29) is 6.04 Å². The fourth-order valence-electron chi connectivity index (χ4n) is 3.56. The summed E-state index contributed by atoms with van der Waals surface area (Å²) >= 11 is 0. The van der Waals surface area contributed by atoms with Gasteiger partial charge in [0, 0.05) is 18.6 Å². The van der Waals surface area contributed by atoms with Crippen molar-refractivity contribution >= 4 is 5.91 Å². The Hall–Kier alpha value is -0.610. The topological polar surface area (TPSA) is 49.6 Å². The Kier molecular flexibility index (Phi) is 5.22. The minimum atomic E-state index is -0.00277. The molecule has 2 N–H and O–H groups in total. The van der Waals surface area contributed by atoms with Crippen LogP contribution in [0.2, 0.25) is 0 Å². The molecule has 0 aromatic rings. The first-order valence-corrected chi connectivity index (χ1v) is 7.87. The zero-order chi connectivity index (χ0) is 13.8. The molecule has 2 unspecified atom stereocenters. The molecule has 110 valence electrons. The fourth-order valence-corrected chi connectivity index (χ4v) is 3.56. The molecule has 2 atom stereocenters. The summed E-state index contributed by atoms with van der Waals surface area (Å²) in [4.78, 5) is 17.1. The Morgan fingerprint density at radius 2 is 1.84 bits per heavy atom. The maximum absolute atomic E-state index is 12.7. The molecule has 0 radical (unpaired) electrons. The van der Waals surface area contributed by atoms with E-state index in [0.29, 0.717) is 24.5 Å². The third kappa shape index (κ3) is 3.29. The van der Waals surface area contributed by atoms with Crippen LogP contribution in [0.25, 0.3) is 0 Å². The van der Waals surface area contributed by atoms with Gasteiger partial charge in [-0.05, 0) is 39.8 Å². The molecule has 2 rings (SSSR count). The van der Waals surface area contributed by atoms with E-state index in [4.69, 9.17) is 5.73 Å². The second-order valence-electron chi connectivity index (χ2n) is 6.24. The van der Waals surface area contributed by atoms with E-state index in [2.05, 4.69) is 23.8 Å². The van der Waals surface area contributed by atoms with Crippen LogP contribution in [-0.4, -0.2) is 54.0 Å². The first kappa shape index (κ1) is 14.8. The molecule has 1 aliphatic carbocycles. The highest BCUT2D eigenvalue weighted by Crippen LogP contribution is 2.27. The van der Waals surface area contributed by atoms with Crippen molar-refractivity contribution in [2.45, 2.75) is 70.0 Å². The van der Waals surface area contributed by atoms with Gasteiger partial charge in [0.1, 0.15) is 0 Å². The van der Waals surface area contributed by atoms with Crippen LogP contribution < -0.4 is 5.73 Å². The summed E-state index contributed by atoms with van der Waals surface area (Å²) in [6.07, 6.45) is 8.39. The van der Waals surface area contributed by atoms with Crippen molar-refractivity contribution in [1.29, 1.82) is 0 Å². The van der Waals surface area contributed by atoms with Gasteiger partial charge in [-0.3, -0.25) is 9.69 Å². The second-order valence-corrected chi connectivity index (χ2v) is 6.24. The van der Waals surface area contributed by atoms with Gasteiger partial charge >= 0.3 is 0 Å². The van der Waals surface area contributed by atoms with Crippen LogP contribution >= 0.6 is 0 Å². The summed E-state index contributed by atoms with van der Waals surface area (Å²) < 4.78 is 0. The standard InChI is InChI=1S/C15H29N3O/c1-12-11-18(13-7-5-3-4-6-8-13)15(19)14(9-10-16)17(12)2/h12-14H,3-11,16H2,1-2H3. The van der Waals surface area contributed by atoms with Crippen molar-refractivity contribution < 1.29 is 4.79 Å².